The highest BCUT2D eigenvalue weighted by atomic mass is 19.3. The van der Waals surface area contributed by atoms with Crippen LogP contribution in [0, 0.1) is 0 Å². The standard InChI is InChI=1S/C10H13F2NO3/c1-6(16-13)7-3-4-8(15-10(11)12)9(5-7)14-2/h3-6,10H,13H2,1-2H3. The Morgan fingerprint density at radius 2 is 1.94 bits per heavy atom. The largest absolute Gasteiger partial charge is 0.493 e. The summed E-state index contributed by atoms with van der Waals surface area (Å²) in [5.41, 5.74) is 0.709. The van der Waals surface area contributed by atoms with Crippen LogP contribution in [0.15, 0.2) is 18.2 Å². The molecule has 0 aliphatic rings. The highest BCUT2D eigenvalue weighted by Crippen LogP contribution is 2.31. The number of alkyl halides is 2. The van der Waals surface area contributed by atoms with Crippen molar-refractivity contribution in [3.8, 4) is 11.5 Å². The van der Waals surface area contributed by atoms with Gasteiger partial charge in [-0.1, -0.05) is 6.07 Å². The minimum Gasteiger partial charge on any atom is -0.493 e. The number of nitrogens with two attached hydrogens (primary N) is 1. The molecule has 1 unspecified atom stereocenters. The summed E-state index contributed by atoms with van der Waals surface area (Å²) in [5.74, 6) is 5.21. The number of ether oxygens (including phenoxy) is 2. The molecule has 0 aliphatic carbocycles. The summed E-state index contributed by atoms with van der Waals surface area (Å²) in [5, 5.41) is 0. The topological polar surface area (TPSA) is 53.7 Å². The number of halogens is 2. The van der Waals surface area contributed by atoms with Crippen molar-refractivity contribution in [3.63, 3.8) is 0 Å². The first-order valence-electron chi connectivity index (χ1n) is 4.56. The molecule has 4 nitrogen and oxygen atoms in total. The Balaban J connectivity index is 2.97. The Hall–Kier alpha value is -1.40. The summed E-state index contributed by atoms with van der Waals surface area (Å²) in [7, 11) is 1.37. The van der Waals surface area contributed by atoms with Crippen molar-refractivity contribution in [2.75, 3.05) is 7.11 Å². The van der Waals surface area contributed by atoms with Gasteiger partial charge < -0.3 is 9.47 Å². The summed E-state index contributed by atoms with van der Waals surface area (Å²) < 4.78 is 33.3. The fourth-order valence-corrected chi connectivity index (χ4v) is 1.21. The second-order valence-electron chi connectivity index (χ2n) is 3.07. The van der Waals surface area contributed by atoms with Gasteiger partial charge in [0, 0.05) is 0 Å². The van der Waals surface area contributed by atoms with Gasteiger partial charge in [-0.15, -0.1) is 0 Å². The lowest BCUT2D eigenvalue weighted by Gasteiger charge is -2.13. The second-order valence-corrected chi connectivity index (χ2v) is 3.07. The van der Waals surface area contributed by atoms with Crippen LogP contribution in [-0.4, -0.2) is 13.7 Å². The molecule has 0 aromatic heterocycles. The number of benzene rings is 1. The van der Waals surface area contributed by atoms with Gasteiger partial charge in [-0.2, -0.15) is 8.78 Å². The van der Waals surface area contributed by atoms with E-state index in [0.29, 0.717) is 5.56 Å². The quantitative estimate of drug-likeness (QED) is 0.792. The highest BCUT2D eigenvalue weighted by molar-refractivity contribution is 5.43. The molecule has 0 heterocycles. The van der Waals surface area contributed by atoms with Crippen molar-refractivity contribution < 1.29 is 23.1 Å². The first-order chi connectivity index (χ1) is 7.58. The Morgan fingerprint density at radius 1 is 1.25 bits per heavy atom. The molecule has 0 amide bonds. The average Bonchev–Trinajstić information content (AvgIpc) is 2.27. The molecule has 0 fully saturated rings. The molecule has 1 rings (SSSR count). The number of hydrogen-bond acceptors (Lipinski definition) is 4. The van der Waals surface area contributed by atoms with Crippen molar-refractivity contribution in [3.05, 3.63) is 23.8 Å². The third-order valence-corrected chi connectivity index (χ3v) is 2.08. The molecule has 0 bridgehead atoms. The zero-order valence-corrected chi connectivity index (χ0v) is 8.94. The lowest BCUT2D eigenvalue weighted by atomic mass is 10.1. The van der Waals surface area contributed by atoms with Crippen LogP contribution < -0.4 is 15.4 Å². The molecular weight excluding hydrogens is 220 g/mol. The molecule has 2 N–H and O–H groups in total. The SMILES string of the molecule is COc1cc(C(C)ON)ccc1OC(F)F. The molecule has 0 saturated heterocycles. The van der Waals surface area contributed by atoms with Gasteiger partial charge in [0.05, 0.1) is 7.11 Å². The maximum absolute atomic E-state index is 12.0. The van der Waals surface area contributed by atoms with Crippen molar-refractivity contribution in [1.82, 2.24) is 0 Å². The van der Waals surface area contributed by atoms with Crippen LogP contribution in [0.5, 0.6) is 11.5 Å². The van der Waals surface area contributed by atoms with E-state index in [1.165, 1.54) is 19.2 Å². The highest BCUT2D eigenvalue weighted by Gasteiger charge is 2.13. The minimum absolute atomic E-state index is 0.0227. The monoisotopic (exact) mass is 233 g/mol. The maximum Gasteiger partial charge on any atom is 0.387 e. The van der Waals surface area contributed by atoms with E-state index in [2.05, 4.69) is 9.57 Å². The van der Waals surface area contributed by atoms with E-state index in [4.69, 9.17) is 10.6 Å². The summed E-state index contributed by atoms with van der Waals surface area (Å²) >= 11 is 0. The zero-order valence-electron chi connectivity index (χ0n) is 8.94. The van der Waals surface area contributed by atoms with Crippen LogP contribution in [0.1, 0.15) is 18.6 Å². The van der Waals surface area contributed by atoms with E-state index in [1.807, 2.05) is 0 Å². The van der Waals surface area contributed by atoms with Crippen LogP contribution in [0.3, 0.4) is 0 Å². The average molecular weight is 233 g/mol. The molecule has 0 saturated carbocycles. The molecule has 1 atom stereocenters. The van der Waals surface area contributed by atoms with E-state index < -0.39 is 6.61 Å². The number of rotatable bonds is 5. The molecule has 0 aliphatic heterocycles. The molecule has 6 heteroatoms. The Morgan fingerprint density at radius 3 is 2.44 bits per heavy atom. The zero-order chi connectivity index (χ0) is 12.1. The molecule has 1 aromatic carbocycles. The van der Waals surface area contributed by atoms with E-state index in [-0.39, 0.29) is 17.6 Å². The van der Waals surface area contributed by atoms with Crippen molar-refractivity contribution >= 4 is 0 Å². The lowest BCUT2D eigenvalue weighted by molar-refractivity contribution is -0.0512. The van der Waals surface area contributed by atoms with Gasteiger partial charge in [-0.05, 0) is 24.6 Å². The Bertz CT molecular complexity index is 347. The molecule has 1 aromatic rings. The van der Waals surface area contributed by atoms with E-state index in [0.717, 1.165) is 0 Å². The number of methoxy groups -OCH3 is 1. The fourth-order valence-electron chi connectivity index (χ4n) is 1.21. The Kier molecular flexibility index (Phi) is 4.45. The second kappa shape index (κ2) is 5.62. The summed E-state index contributed by atoms with van der Waals surface area (Å²) in [4.78, 5) is 4.61. The molecule has 0 spiro atoms. The summed E-state index contributed by atoms with van der Waals surface area (Å²) in [6.07, 6.45) is -0.352. The van der Waals surface area contributed by atoms with Crippen LogP contribution in [0.25, 0.3) is 0 Å². The van der Waals surface area contributed by atoms with Crippen LogP contribution >= 0.6 is 0 Å². The van der Waals surface area contributed by atoms with Crippen molar-refractivity contribution in [1.29, 1.82) is 0 Å². The first-order valence-corrected chi connectivity index (χ1v) is 4.56. The first kappa shape index (κ1) is 12.7. The van der Waals surface area contributed by atoms with E-state index >= 15 is 0 Å². The van der Waals surface area contributed by atoms with Gasteiger partial charge in [0.15, 0.2) is 11.5 Å². The van der Waals surface area contributed by atoms with Gasteiger partial charge in [-0.3, -0.25) is 4.84 Å². The molecule has 90 valence electrons. The van der Waals surface area contributed by atoms with Gasteiger partial charge in [0.1, 0.15) is 6.10 Å². The van der Waals surface area contributed by atoms with Gasteiger partial charge >= 0.3 is 6.61 Å². The molecule has 16 heavy (non-hydrogen) atoms. The predicted molar refractivity (Wildman–Crippen MR) is 53.3 cm³/mol. The summed E-state index contributed by atoms with van der Waals surface area (Å²) in [6, 6.07) is 4.50. The van der Waals surface area contributed by atoms with Crippen molar-refractivity contribution in [2.45, 2.75) is 19.6 Å². The fraction of sp³-hybridized carbons (Fsp3) is 0.400. The smallest absolute Gasteiger partial charge is 0.387 e. The maximum atomic E-state index is 12.0. The van der Waals surface area contributed by atoms with Gasteiger partial charge in [-0.25, -0.2) is 5.90 Å². The molecule has 0 radical (unpaired) electrons. The lowest BCUT2D eigenvalue weighted by Crippen LogP contribution is -2.07. The third kappa shape index (κ3) is 3.04. The van der Waals surface area contributed by atoms with Crippen molar-refractivity contribution in [2.24, 2.45) is 5.90 Å². The molecular formula is C10H13F2NO3. The van der Waals surface area contributed by atoms with Gasteiger partial charge in [0.2, 0.25) is 0 Å². The predicted octanol–water partition coefficient (Wildman–Crippen LogP) is 2.25. The van der Waals surface area contributed by atoms with E-state index in [9.17, 15) is 8.78 Å². The van der Waals surface area contributed by atoms with Gasteiger partial charge in [0.25, 0.3) is 0 Å². The minimum atomic E-state index is -2.89. The van der Waals surface area contributed by atoms with Crippen LogP contribution in [0.2, 0.25) is 0 Å². The Labute approximate surface area is 91.9 Å². The number of hydrogen-bond donors (Lipinski definition) is 1. The van der Waals surface area contributed by atoms with E-state index in [1.54, 1.807) is 13.0 Å². The normalized spacial score (nSPS) is 12.6. The van der Waals surface area contributed by atoms with Crippen LogP contribution in [0.4, 0.5) is 8.78 Å². The summed E-state index contributed by atoms with van der Waals surface area (Å²) in [6.45, 7) is -1.16. The third-order valence-electron chi connectivity index (χ3n) is 2.08. The van der Waals surface area contributed by atoms with Crippen LogP contribution in [-0.2, 0) is 4.84 Å².